The molecule has 0 spiro atoms. The van der Waals surface area contributed by atoms with Gasteiger partial charge in [-0.3, -0.25) is 0 Å². The van der Waals surface area contributed by atoms with E-state index in [4.69, 9.17) is 23.2 Å². The lowest BCUT2D eigenvalue weighted by Crippen LogP contribution is -1.98. The Morgan fingerprint density at radius 2 is 1.58 bits per heavy atom. The van der Waals surface area contributed by atoms with Gasteiger partial charge in [-0.25, -0.2) is 0 Å². The van der Waals surface area contributed by atoms with Crippen LogP contribution in [0, 0.1) is 20.8 Å². The van der Waals surface area contributed by atoms with Gasteiger partial charge in [-0.15, -0.1) is 11.6 Å². The zero-order valence-corrected chi connectivity index (χ0v) is 14.2. The van der Waals surface area contributed by atoms with Gasteiger partial charge >= 0.3 is 0 Å². The summed E-state index contributed by atoms with van der Waals surface area (Å²) < 4.78 is 1.02. The van der Waals surface area contributed by atoms with Crippen LogP contribution in [0.2, 0.25) is 5.02 Å². The van der Waals surface area contributed by atoms with Gasteiger partial charge < -0.3 is 0 Å². The van der Waals surface area contributed by atoms with Gasteiger partial charge in [-0.2, -0.15) is 0 Å². The Morgan fingerprint density at radius 1 is 0.947 bits per heavy atom. The number of hydrogen-bond acceptors (Lipinski definition) is 0. The van der Waals surface area contributed by atoms with Crippen LogP contribution >= 0.6 is 39.1 Å². The first-order valence-corrected chi connectivity index (χ1v) is 7.67. The molecule has 100 valence electrons. The highest BCUT2D eigenvalue weighted by atomic mass is 79.9. The summed E-state index contributed by atoms with van der Waals surface area (Å²) in [7, 11) is 0. The van der Waals surface area contributed by atoms with Crippen LogP contribution in [-0.2, 0) is 0 Å². The molecular formula is C16H15BrCl2. The molecule has 0 aromatic heterocycles. The number of rotatable bonds is 2. The molecule has 0 N–H and O–H groups in total. The van der Waals surface area contributed by atoms with Crippen LogP contribution < -0.4 is 0 Å². The number of halogens is 3. The second-order valence-corrected chi connectivity index (χ2v) is 6.54. The fraction of sp³-hybridized carbons (Fsp3) is 0.250. The quantitative estimate of drug-likeness (QED) is 0.549. The van der Waals surface area contributed by atoms with Crippen molar-refractivity contribution in [2.75, 3.05) is 0 Å². The summed E-state index contributed by atoms with van der Waals surface area (Å²) in [6, 6.07) is 10.2. The van der Waals surface area contributed by atoms with E-state index in [0.29, 0.717) is 0 Å². The molecule has 2 rings (SSSR count). The predicted octanol–water partition coefficient (Wildman–Crippen LogP) is 6.36. The summed E-state index contributed by atoms with van der Waals surface area (Å²) >= 11 is 16.5. The van der Waals surface area contributed by atoms with Crippen molar-refractivity contribution in [3.05, 3.63) is 67.6 Å². The number of hydrogen-bond donors (Lipinski definition) is 0. The summed E-state index contributed by atoms with van der Waals surface area (Å²) in [5.74, 6) is 0. The average molecular weight is 358 g/mol. The molecule has 0 fully saturated rings. The fourth-order valence-electron chi connectivity index (χ4n) is 2.00. The number of alkyl halides is 1. The third-order valence-corrected chi connectivity index (χ3v) is 4.80. The third kappa shape index (κ3) is 3.16. The molecule has 2 aromatic carbocycles. The first-order chi connectivity index (χ1) is 8.90. The van der Waals surface area contributed by atoms with E-state index in [1.807, 2.05) is 12.1 Å². The van der Waals surface area contributed by atoms with Crippen molar-refractivity contribution in [1.82, 2.24) is 0 Å². The van der Waals surface area contributed by atoms with Crippen molar-refractivity contribution in [3.63, 3.8) is 0 Å². The van der Waals surface area contributed by atoms with Crippen LogP contribution in [0.5, 0.6) is 0 Å². The average Bonchev–Trinajstić information content (AvgIpc) is 2.33. The van der Waals surface area contributed by atoms with Crippen molar-refractivity contribution in [2.45, 2.75) is 26.1 Å². The lowest BCUT2D eigenvalue weighted by atomic mass is 9.99. The fourth-order valence-corrected chi connectivity index (χ4v) is 3.61. The summed E-state index contributed by atoms with van der Waals surface area (Å²) in [5, 5.41) is 0.470. The molecule has 0 saturated carbocycles. The highest BCUT2D eigenvalue weighted by molar-refractivity contribution is 9.10. The van der Waals surface area contributed by atoms with Crippen molar-refractivity contribution in [1.29, 1.82) is 0 Å². The van der Waals surface area contributed by atoms with Gasteiger partial charge in [-0.1, -0.05) is 45.7 Å². The van der Waals surface area contributed by atoms with E-state index in [1.165, 1.54) is 16.7 Å². The molecule has 19 heavy (non-hydrogen) atoms. The van der Waals surface area contributed by atoms with Crippen LogP contribution in [0.25, 0.3) is 0 Å². The maximum absolute atomic E-state index is 6.60. The first-order valence-electron chi connectivity index (χ1n) is 6.07. The maximum Gasteiger partial charge on any atom is 0.0860 e. The smallest absolute Gasteiger partial charge is 0.0860 e. The van der Waals surface area contributed by atoms with Crippen LogP contribution in [0.1, 0.15) is 33.2 Å². The standard InChI is InChI=1S/C16H15BrCl2/c1-9-4-5-12(14(17)6-9)16(19)13-7-10(2)11(3)8-15(13)18/h4-8,16H,1-3H3. The van der Waals surface area contributed by atoms with Crippen LogP contribution in [0.15, 0.2) is 34.8 Å². The molecule has 0 bridgehead atoms. The predicted molar refractivity (Wildman–Crippen MR) is 87.5 cm³/mol. The first kappa shape index (κ1) is 14.9. The van der Waals surface area contributed by atoms with Gasteiger partial charge in [0, 0.05) is 9.50 Å². The normalized spacial score (nSPS) is 12.5. The van der Waals surface area contributed by atoms with Crippen molar-refractivity contribution in [2.24, 2.45) is 0 Å². The van der Waals surface area contributed by atoms with Gasteiger partial charge in [0.1, 0.15) is 0 Å². The molecule has 0 radical (unpaired) electrons. The summed E-state index contributed by atoms with van der Waals surface area (Å²) in [6.45, 7) is 6.18. The molecule has 0 heterocycles. The molecule has 0 aliphatic heterocycles. The van der Waals surface area contributed by atoms with Crippen molar-refractivity contribution in [3.8, 4) is 0 Å². The van der Waals surface area contributed by atoms with Gasteiger partial charge in [0.15, 0.2) is 0 Å². The van der Waals surface area contributed by atoms with Crippen molar-refractivity contribution >= 4 is 39.1 Å². The van der Waals surface area contributed by atoms with Gasteiger partial charge in [0.05, 0.1) is 5.38 Å². The molecule has 0 aliphatic rings. The lowest BCUT2D eigenvalue weighted by Gasteiger charge is -2.16. The Labute approximate surface area is 132 Å². The highest BCUT2D eigenvalue weighted by Gasteiger charge is 2.17. The van der Waals surface area contributed by atoms with Crippen LogP contribution in [0.4, 0.5) is 0 Å². The molecule has 2 aromatic rings. The summed E-state index contributed by atoms with van der Waals surface area (Å²) in [4.78, 5) is 0. The Bertz CT molecular complexity index is 620. The monoisotopic (exact) mass is 356 g/mol. The third-order valence-electron chi connectivity index (χ3n) is 3.32. The van der Waals surface area contributed by atoms with E-state index in [0.717, 1.165) is 20.6 Å². The van der Waals surface area contributed by atoms with Crippen molar-refractivity contribution < 1.29 is 0 Å². The van der Waals surface area contributed by atoms with E-state index < -0.39 is 0 Å². The molecule has 1 unspecified atom stereocenters. The van der Waals surface area contributed by atoms with E-state index >= 15 is 0 Å². The topological polar surface area (TPSA) is 0 Å². The molecule has 0 aliphatic carbocycles. The van der Waals surface area contributed by atoms with Gasteiger partial charge in [0.25, 0.3) is 0 Å². The minimum absolute atomic E-state index is 0.248. The molecule has 0 saturated heterocycles. The zero-order chi connectivity index (χ0) is 14.2. The maximum atomic E-state index is 6.60. The lowest BCUT2D eigenvalue weighted by molar-refractivity contribution is 1.11. The van der Waals surface area contributed by atoms with E-state index in [-0.39, 0.29) is 5.38 Å². The Balaban J connectivity index is 2.49. The van der Waals surface area contributed by atoms with E-state index in [2.05, 4.69) is 54.9 Å². The molecule has 1 atom stereocenters. The minimum Gasteiger partial charge on any atom is -0.112 e. The Hall–Kier alpha value is -0.500. The van der Waals surface area contributed by atoms with Gasteiger partial charge in [0.2, 0.25) is 0 Å². The molecule has 0 nitrogen and oxygen atoms in total. The van der Waals surface area contributed by atoms with Gasteiger partial charge in [-0.05, 0) is 60.7 Å². The molecule has 0 amide bonds. The SMILES string of the molecule is Cc1ccc(C(Cl)c2cc(C)c(C)cc2Cl)c(Br)c1. The second-order valence-electron chi connectivity index (χ2n) is 4.85. The minimum atomic E-state index is -0.248. The Kier molecular flexibility index (Phi) is 4.60. The van der Waals surface area contributed by atoms with Crippen LogP contribution in [-0.4, -0.2) is 0 Å². The Morgan fingerprint density at radius 3 is 2.21 bits per heavy atom. The number of aryl methyl sites for hydroxylation is 3. The number of benzene rings is 2. The second kappa shape index (κ2) is 5.87. The molecule has 3 heteroatoms. The van der Waals surface area contributed by atoms with E-state index in [9.17, 15) is 0 Å². The highest BCUT2D eigenvalue weighted by Crippen LogP contribution is 2.38. The summed E-state index contributed by atoms with van der Waals surface area (Å²) in [5.41, 5.74) is 5.58. The summed E-state index contributed by atoms with van der Waals surface area (Å²) in [6.07, 6.45) is 0. The van der Waals surface area contributed by atoms with Crippen LogP contribution in [0.3, 0.4) is 0 Å². The largest absolute Gasteiger partial charge is 0.112 e. The van der Waals surface area contributed by atoms with E-state index in [1.54, 1.807) is 0 Å². The zero-order valence-electron chi connectivity index (χ0n) is 11.1. The molecular weight excluding hydrogens is 343 g/mol.